The summed E-state index contributed by atoms with van der Waals surface area (Å²) in [4.78, 5) is 41.6. The van der Waals surface area contributed by atoms with Crippen molar-refractivity contribution in [1.29, 1.82) is 0 Å². The van der Waals surface area contributed by atoms with E-state index in [-0.39, 0.29) is 36.5 Å². The van der Waals surface area contributed by atoms with E-state index in [0.717, 1.165) is 33.6 Å². The second-order valence-corrected chi connectivity index (χ2v) is 8.54. The lowest BCUT2D eigenvalue weighted by molar-refractivity contribution is -0.137. The maximum atomic E-state index is 12.6. The molecule has 0 fully saturated rings. The number of carbonyl (C=O) groups is 3. The number of nitrogens with zero attached hydrogens (tertiary/aromatic N) is 2. The van der Waals surface area contributed by atoms with Crippen LogP contribution in [-0.4, -0.2) is 52.7 Å². The van der Waals surface area contributed by atoms with E-state index < -0.39 is 12.1 Å². The van der Waals surface area contributed by atoms with E-state index in [1.807, 2.05) is 36.4 Å². The largest absolute Gasteiger partial charge is 0.481 e. The summed E-state index contributed by atoms with van der Waals surface area (Å²) >= 11 is 1.02. The highest BCUT2D eigenvalue weighted by Gasteiger charge is 2.29. The standard InChI is InChI=1S/C24H23N3O5S/c1-2-27(12-11-21(28)29)22(30)20-13-25-23(33-20)26-24(31)32-14-19-17-9-5-3-7-15(17)16-8-4-6-10-18(16)19/h3-10,13,19H,2,11-12,14H2,1H3,(H,28,29)(H,25,26,31). The highest BCUT2D eigenvalue weighted by Crippen LogP contribution is 2.44. The Bertz CT molecular complexity index is 1150. The second kappa shape index (κ2) is 9.83. The molecule has 1 aliphatic rings. The molecule has 1 aromatic heterocycles. The Morgan fingerprint density at radius 1 is 1.09 bits per heavy atom. The number of hydrogen-bond acceptors (Lipinski definition) is 6. The Balaban J connectivity index is 1.37. The first-order valence-corrected chi connectivity index (χ1v) is 11.4. The van der Waals surface area contributed by atoms with E-state index in [0.29, 0.717) is 11.4 Å². The fourth-order valence-electron chi connectivity index (χ4n) is 3.94. The number of hydrogen-bond donors (Lipinski definition) is 2. The van der Waals surface area contributed by atoms with Gasteiger partial charge in [-0.25, -0.2) is 9.78 Å². The Kier molecular flexibility index (Phi) is 6.69. The Morgan fingerprint density at radius 2 is 1.73 bits per heavy atom. The highest BCUT2D eigenvalue weighted by molar-refractivity contribution is 7.17. The van der Waals surface area contributed by atoms with Gasteiger partial charge in [0.1, 0.15) is 11.5 Å². The molecular weight excluding hydrogens is 442 g/mol. The van der Waals surface area contributed by atoms with Crippen molar-refractivity contribution in [2.24, 2.45) is 0 Å². The first-order valence-electron chi connectivity index (χ1n) is 10.6. The van der Waals surface area contributed by atoms with Gasteiger partial charge in [0.2, 0.25) is 0 Å². The molecule has 0 saturated carbocycles. The summed E-state index contributed by atoms with van der Waals surface area (Å²) in [6, 6.07) is 16.2. The van der Waals surface area contributed by atoms with Crippen molar-refractivity contribution >= 4 is 34.4 Å². The average molecular weight is 466 g/mol. The summed E-state index contributed by atoms with van der Waals surface area (Å²) in [6.45, 7) is 2.43. The lowest BCUT2D eigenvalue weighted by Gasteiger charge is -2.18. The van der Waals surface area contributed by atoms with Crippen LogP contribution in [0, 0.1) is 0 Å². The number of carboxylic acid groups (broad SMARTS) is 1. The first-order chi connectivity index (χ1) is 16.0. The minimum Gasteiger partial charge on any atom is -0.481 e. The van der Waals surface area contributed by atoms with Crippen LogP contribution in [0.1, 0.15) is 40.1 Å². The molecule has 8 nitrogen and oxygen atoms in total. The van der Waals surface area contributed by atoms with Gasteiger partial charge in [-0.1, -0.05) is 59.9 Å². The molecule has 0 bridgehead atoms. The number of rotatable bonds is 8. The Labute approximate surface area is 194 Å². The summed E-state index contributed by atoms with van der Waals surface area (Å²) in [5.74, 6) is -1.34. The molecule has 2 N–H and O–H groups in total. The number of carbonyl (C=O) groups excluding carboxylic acids is 2. The smallest absolute Gasteiger partial charge is 0.413 e. The molecule has 4 rings (SSSR count). The van der Waals surface area contributed by atoms with Gasteiger partial charge in [-0.15, -0.1) is 0 Å². The zero-order valence-corrected chi connectivity index (χ0v) is 18.8. The number of aromatic nitrogens is 1. The monoisotopic (exact) mass is 465 g/mol. The van der Waals surface area contributed by atoms with Crippen LogP contribution in [0.4, 0.5) is 9.93 Å². The lowest BCUT2D eigenvalue weighted by atomic mass is 9.98. The van der Waals surface area contributed by atoms with Gasteiger partial charge in [0.05, 0.1) is 12.6 Å². The molecule has 0 saturated heterocycles. The van der Waals surface area contributed by atoms with E-state index in [2.05, 4.69) is 22.4 Å². The van der Waals surface area contributed by atoms with Crippen molar-refractivity contribution < 1.29 is 24.2 Å². The number of carboxylic acids is 1. The van der Waals surface area contributed by atoms with E-state index in [9.17, 15) is 14.4 Å². The van der Waals surface area contributed by atoms with E-state index in [4.69, 9.17) is 9.84 Å². The molecule has 9 heteroatoms. The first kappa shape index (κ1) is 22.5. The molecule has 2 aromatic carbocycles. The zero-order valence-electron chi connectivity index (χ0n) is 18.0. The molecule has 0 radical (unpaired) electrons. The number of anilines is 1. The number of benzene rings is 2. The van der Waals surface area contributed by atoms with Crippen molar-refractivity contribution in [2.75, 3.05) is 25.0 Å². The molecule has 0 spiro atoms. The number of fused-ring (bicyclic) bond motifs is 3. The average Bonchev–Trinajstić information content (AvgIpc) is 3.40. The number of thiazole rings is 1. The minimum atomic E-state index is -0.969. The SMILES string of the molecule is CCN(CCC(=O)O)C(=O)c1cnc(NC(=O)OCC2c3ccccc3-c3ccccc32)s1. The minimum absolute atomic E-state index is 0.0519. The van der Waals surface area contributed by atoms with Gasteiger partial charge in [0, 0.05) is 19.0 Å². The maximum Gasteiger partial charge on any atom is 0.413 e. The fraction of sp³-hybridized carbons (Fsp3) is 0.250. The third-order valence-electron chi connectivity index (χ3n) is 5.53. The van der Waals surface area contributed by atoms with Crippen LogP contribution in [0.5, 0.6) is 0 Å². The molecule has 3 aromatic rings. The van der Waals surface area contributed by atoms with E-state index >= 15 is 0 Å². The van der Waals surface area contributed by atoms with E-state index in [1.54, 1.807) is 6.92 Å². The summed E-state index contributed by atoms with van der Waals surface area (Å²) in [7, 11) is 0. The van der Waals surface area contributed by atoms with E-state index in [1.165, 1.54) is 11.1 Å². The molecule has 0 unspecified atom stereocenters. The van der Waals surface area contributed by atoms with Crippen molar-refractivity contribution in [2.45, 2.75) is 19.3 Å². The van der Waals surface area contributed by atoms with Gasteiger partial charge in [0.25, 0.3) is 5.91 Å². The van der Waals surface area contributed by atoms with Crippen LogP contribution >= 0.6 is 11.3 Å². The van der Waals surface area contributed by atoms with Gasteiger partial charge >= 0.3 is 12.1 Å². The third kappa shape index (κ3) is 4.88. The van der Waals surface area contributed by atoms with Crippen LogP contribution in [0.25, 0.3) is 11.1 Å². The van der Waals surface area contributed by atoms with Crippen molar-refractivity contribution in [3.63, 3.8) is 0 Å². The maximum absolute atomic E-state index is 12.6. The summed E-state index contributed by atoms with van der Waals surface area (Å²) in [5, 5.41) is 11.7. The van der Waals surface area contributed by atoms with Gasteiger partial charge in [-0.05, 0) is 29.2 Å². The van der Waals surface area contributed by atoms with Crippen LogP contribution in [0.2, 0.25) is 0 Å². The number of amides is 2. The van der Waals surface area contributed by atoms with Gasteiger partial charge in [0.15, 0.2) is 5.13 Å². The van der Waals surface area contributed by atoms with Crippen molar-refractivity contribution in [1.82, 2.24) is 9.88 Å². The molecule has 1 aliphatic carbocycles. The molecule has 2 amide bonds. The van der Waals surface area contributed by atoms with Crippen LogP contribution in [0.3, 0.4) is 0 Å². The number of aliphatic carboxylic acids is 1. The molecule has 0 atom stereocenters. The Morgan fingerprint density at radius 3 is 2.33 bits per heavy atom. The van der Waals surface area contributed by atoms with Gasteiger partial charge in [-0.2, -0.15) is 0 Å². The summed E-state index contributed by atoms with van der Waals surface area (Å²) in [5.41, 5.74) is 4.53. The normalized spacial score (nSPS) is 12.0. The summed E-state index contributed by atoms with van der Waals surface area (Å²) < 4.78 is 5.50. The lowest BCUT2D eigenvalue weighted by Crippen LogP contribution is -2.32. The number of ether oxygens (including phenoxy) is 1. The van der Waals surface area contributed by atoms with Crippen LogP contribution < -0.4 is 5.32 Å². The topological polar surface area (TPSA) is 109 Å². The van der Waals surface area contributed by atoms with Gasteiger partial charge < -0.3 is 14.7 Å². The highest BCUT2D eigenvalue weighted by atomic mass is 32.1. The fourth-order valence-corrected chi connectivity index (χ4v) is 4.71. The summed E-state index contributed by atoms with van der Waals surface area (Å²) in [6.07, 6.45) is 0.585. The van der Waals surface area contributed by atoms with Crippen LogP contribution in [0.15, 0.2) is 54.7 Å². The molecule has 0 aliphatic heterocycles. The molecular formula is C24H23N3O5S. The van der Waals surface area contributed by atoms with Gasteiger partial charge in [-0.3, -0.25) is 14.9 Å². The number of nitrogens with one attached hydrogen (secondary N) is 1. The molecule has 33 heavy (non-hydrogen) atoms. The Hall–Kier alpha value is -3.72. The predicted octanol–water partition coefficient (Wildman–Crippen LogP) is 4.44. The van der Waals surface area contributed by atoms with Crippen molar-refractivity contribution in [3.05, 3.63) is 70.7 Å². The third-order valence-corrected chi connectivity index (χ3v) is 6.43. The zero-order chi connectivity index (χ0) is 23.4. The second-order valence-electron chi connectivity index (χ2n) is 7.51. The molecule has 170 valence electrons. The van der Waals surface area contributed by atoms with Crippen molar-refractivity contribution in [3.8, 4) is 11.1 Å². The predicted molar refractivity (Wildman–Crippen MR) is 125 cm³/mol. The quantitative estimate of drug-likeness (QED) is 0.509. The van der Waals surface area contributed by atoms with Crippen LogP contribution in [-0.2, 0) is 9.53 Å². The molecule has 1 heterocycles.